The molecule has 0 spiro atoms. The van der Waals surface area contributed by atoms with Crippen LogP contribution in [0.3, 0.4) is 0 Å². The number of ether oxygens (including phenoxy) is 1. The maximum atomic E-state index is 5.45. The fraction of sp³-hybridized carbons (Fsp3) is 0.0256. The van der Waals surface area contributed by atoms with E-state index >= 15 is 0 Å². The molecule has 194 valence electrons. The fourth-order valence-electron chi connectivity index (χ4n) is 6.29. The van der Waals surface area contributed by atoms with Crippen LogP contribution in [0.4, 0.5) is 0 Å². The van der Waals surface area contributed by atoms with Gasteiger partial charge in [-0.05, 0) is 98.4 Å². The van der Waals surface area contributed by atoms with E-state index in [1.54, 1.807) is 7.11 Å². The summed E-state index contributed by atoms with van der Waals surface area (Å²) in [4.78, 5) is 0. The first-order chi connectivity index (χ1) is 20.3. The molecule has 0 aliphatic heterocycles. The second kappa shape index (κ2) is 9.39. The van der Waals surface area contributed by atoms with Gasteiger partial charge in [-0.25, -0.2) is 0 Å². The minimum atomic E-state index is 0.862. The highest BCUT2D eigenvalue weighted by Gasteiger charge is 2.16. The number of benzene rings is 7. The van der Waals surface area contributed by atoms with Crippen molar-refractivity contribution in [3.8, 4) is 33.7 Å². The Bertz CT molecular complexity index is 2210. The summed E-state index contributed by atoms with van der Waals surface area (Å²) in [6.07, 6.45) is 0. The summed E-state index contributed by atoms with van der Waals surface area (Å²) in [5, 5.41) is 7.50. The van der Waals surface area contributed by atoms with Crippen LogP contribution in [-0.4, -0.2) is 11.7 Å². The van der Waals surface area contributed by atoms with Gasteiger partial charge >= 0.3 is 0 Å². The summed E-state index contributed by atoms with van der Waals surface area (Å²) in [5.74, 6) is 0.862. The van der Waals surface area contributed by atoms with Gasteiger partial charge in [-0.3, -0.25) is 0 Å². The smallest absolute Gasteiger partial charge is 0.118 e. The van der Waals surface area contributed by atoms with Crippen molar-refractivity contribution in [2.75, 3.05) is 7.11 Å². The van der Waals surface area contributed by atoms with Gasteiger partial charge in [0.25, 0.3) is 0 Å². The van der Waals surface area contributed by atoms with E-state index in [1.807, 2.05) is 12.1 Å². The quantitative estimate of drug-likeness (QED) is 0.208. The van der Waals surface area contributed by atoms with Crippen molar-refractivity contribution in [2.45, 2.75) is 0 Å². The molecule has 0 saturated carbocycles. The molecule has 0 unspecified atom stereocenters. The summed E-state index contributed by atoms with van der Waals surface area (Å²) in [5.41, 5.74) is 8.44. The van der Waals surface area contributed by atoms with E-state index in [4.69, 9.17) is 4.74 Å². The highest BCUT2D eigenvalue weighted by molar-refractivity contribution is 6.21. The number of methoxy groups -OCH3 is 1. The Balaban J connectivity index is 1.50. The predicted molar refractivity (Wildman–Crippen MR) is 173 cm³/mol. The molecule has 0 atom stereocenters. The van der Waals surface area contributed by atoms with Crippen molar-refractivity contribution < 1.29 is 4.74 Å². The summed E-state index contributed by atoms with van der Waals surface area (Å²) >= 11 is 0. The van der Waals surface area contributed by atoms with Crippen LogP contribution in [0.5, 0.6) is 5.75 Å². The Kier molecular flexibility index (Phi) is 5.39. The van der Waals surface area contributed by atoms with E-state index < -0.39 is 0 Å². The van der Waals surface area contributed by atoms with Crippen LogP contribution in [0.2, 0.25) is 0 Å². The number of hydrogen-bond acceptors (Lipinski definition) is 1. The zero-order valence-electron chi connectivity index (χ0n) is 22.7. The Morgan fingerprint density at radius 1 is 0.439 bits per heavy atom. The molecule has 0 aliphatic rings. The minimum absolute atomic E-state index is 0.862. The van der Waals surface area contributed by atoms with Crippen LogP contribution < -0.4 is 4.74 Å². The van der Waals surface area contributed by atoms with Gasteiger partial charge < -0.3 is 9.30 Å². The molecule has 1 heterocycles. The monoisotopic (exact) mass is 525 g/mol. The van der Waals surface area contributed by atoms with E-state index in [2.05, 4.69) is 138 Å². The van der Waals surface area contributed by atoms with Gasteiger partial charge in [0.1, 0.15) is 5.75 Å². The Labute approximate surface area is 238 Å². The van der Waals surface area contributed by atoms with Gasteiger partial charge in [-0.15, -0.1) is 0 Å². The molecule has 0 aliphatic carbocycles. The van der Waals surface area contributed by atoms with Gasteiger partial charge in [0, 0.05) is 16.5 Å². The normalized spacial score (nSPS) is 11.5. The van der Waals surface area contributed by atoms with E-state index in [9.17, 15) is 0 Å². The highest BCUT2D eigenvalue weighted by Crippen LogP contribution is 2.41. The summed E-state index contributed by atoms with van der Waals surface area (Å²) in [6.45, 7) is 0. The van der Waals surface area contributed by atoms with Crippen LogP contribution in [0.15, 0.2) is 146 Å². The molecular weight excluding hydrogens is 498 g/mol. The summed E-state index contributed by atoms with van der Waals surface area (Å²) in [6, 6.07) is 52.5. The van der Waals surface area contributed by atoms with Crippen LogP contribution in [0.1, 0.15) is 0 Å². The summed E-state index contributed by atoms with van der Waals surface area (Å²) < 4.78 is 7.85. The third kappa shape index (κ3) is 3.80. The molecule has 0 bridgehead atoms. The van der Waals surface area contributed by atoms with E-state index in [0.717, 1.165) is 5.75 Å². The van der Waals surface area contributed by atoms with Gasteiger partial charge in [0.2, 0.25) is 0 Å². The molecule has 0 saturated heterocycles. The maximum Gasteiger partial charge on any atom is 0.118 e. The Morgan fingerprint density at radius 2 is 1.15 bits per heavy atom. The number of rotatable bonds is 4. The van der Waals surface area contributed by atoms with Gasteiger partial charge in [-0.2, -0.15) is 0 Å². The standard InChI is InChI=1S/C39H27NO/c1-41-31-19-16-27(17-20-31)34-23-29-24-37-33-14-8-9-15-38(33)40(30-12-6-3-7-13-30)39(37)25-35(29)36-22-28(18-21-32(34)36)26-10-4-2-5-11-26/h2-25H,1H3. The highest BCUT2D eigenvalue weighted by atomic mass is 16.5. The van der Waals surface area contributed by atoms with Crippen molar-refractivity contribution in [1.82, 2.24) is 4.57 Å². The third-order valence-electron chi connectivity index (χ3n) is 8.27. The van der Waals surface area contributed by atoms with Gasteiger partial charge in [0.05, 0.1) is 18.1 Å². The lowest BCUT2D eigenvalue weighted by atomic mass is 9.90. The SMILES string of the molecule is COc1ccc(-c2cc3cc4c5ccccc5n(-c5ccccc5)c4cc3c3cc(-c4ccccc4)ccc23)cc1. The predicted octanol–water partition coefficient (Wildman–Crippen LogP) is 10.4. The lowest BCUT2D eigenvalue weighted by molar-refractivity contribution is 0.415. The fourth-order valence-corrected chi connectivity index (χ4v) is 6.29. The first kappa shape index (κ1) is 23.5. The third-order valence-corrected chi connectivity index (χ3v) is 8.27. The molecule has 1 aromatic heterocycles. The minimum Gasteiger partial charge on any atom is -0.497 e. The molecule has 0 fully saturated rings. The number of hydrogen-bond donors (Lipinski definition) is 0. The number of aromatic nitrogens is 1. The van der Waals surface area contributed by atoms with Crippen LogP contribution in [0, 0.1) is 0 Å². The first-order valence-electron chi connectivity index (χ1n) is 14.0. The average Bonchev–Trinajstić information content (AvgIpc) is 3.37. The van der Waals surface area contributed by atoms with E-state index in [0.29, 0.717) is 0 Å². The maximum absolute atomic E-state index is 5.45. The molecular formula is C39H27NO. The van der Waals surface area contributed by atoms with Crippen molar-refractivity contribution in [3.05, 3.63) is 146 Å². The molecule has 8 aromatic rings. The molecule has 41 heavy (non-hydrogen) atoms. The largest absolute Gasteiger partial charge is 0.497 e. The van der Waals surface area contributed by atoms with Crippen LogP contribution in [0.25, 0.3) is 71.3 Å². The zero-order chi connectivity index (χ0) is 27.3. The molecule has 2 nitrogen and oxygen atoms in total. The van der Waals surface area contributed by atoms with E-state index in [-0.39, 0.29) is 0 Å². The lowest BCUT2D eigenvalue weighted by Crippen LogP contribution is -1.93. The number of fused-ring (bicyclic) bond motifs is 6. The van der Waals surface area contributed by atoms with E-state index in [1.165, 1.54) is 71.3 Å². The van der Waals surface area contributed by atoms with Crippen LogP contribution >= 0.6 is 0 Å². The molecule has 0 amide bonds. The van der Waals surface area contributed by atoms with Crippen molar-refractivity contribution in [3.63, 3.8) is 0 Å². The molecule has 2 heteroatoms. The Hall–Kier alpha value is -5.34. The van der Waals surface area contributed by atoms with Gasteiger partial charge in [0.15, 0.2) is 0 Å². The van der Waals surface area contributed by atoms with Crippen molar-refractivity contribution in [2.24, 2.45) is 0 Å². The first-order valence-corrected chi connectivity index (χ1v) is 14.0. The zero-order valence-corrected chi connectivity index (χ0v) is 22.7. The molecule has 7 aromatic carbocycles. The number of nitrogens with zero attached hydrogens (tertiary/aromatic N) is 1. The summed E-state index contributed by atoms with van der Waals surface area (Å²) in [7, 11) is 1.71. The average molecular weight is 526 g/mol. The second-order valence-corrected chi connectivity index (χ2v) is 10.6. The van der Waals surface area contributed by atoms with Crippen LogP contribution in [-0.2, 0) is 0 Å². The van der Waals surface area contributed by atoms with Gasteiger partial charge in [-0.1, -0.05) is 91.0 Å². The molecule has 0 N–H and O–H groups in total. The lowest BCUT2D eigenvalue weighted by Gasteiger charge is -2.14. The second-order valence-electron chi connectivity index (χ2n) is 10.6. The molecule has 8 rings (SSSR count). The van der Waals surface area contributed by atoms with Crippen molar-refractivity contribution >= 4 is 43.4 Å². The molecule has 0 radical (unpaired) electrons. The van der Waals surface area contributed by atoms with Crippen molar-refractivity contribution in [1.29, 1.82) is 0 Å². The Morgan fingerprint density at radius 3 is 1.93 bits per heavy atom. The topological polar surface area (TPSA) is 14.2 Å². The number of para-hydroxylation sites is 2.